The lowest BCUT2D eigenvalue weighted by molar-refractivity contribution is 0.103. The molecule has 2 heterocycles. The van der Waals surface area contributed by atoms with Gasteiger partial charge in [0.05, 0.1) is 20.5 Å². The Kier molecular flexibility index (Phi) is 5.14. The Morgan fingerprint density at radius 3 is 2.55 bits per heavy atom. The van der Waals surface area contributed by atoms with Crippen molar-refractivity contribution in [2.75, 3.05) is 23.3 Å². The van der Waals surface area contributed by atoms with E-state index in [1.54, 1.807) is 12.3 Å². The van der Waals surface area contributed by atoms with E-state index in [9.17, 15) is 4.79 Å². The number of amides is 1. The molecule has 0 aliphatic rings. The molecule has 0 saturated carbocycles. The number of halogens is 1. The largest absolute Gasteiger partial charge is 0.357 e. The summed E-state index contributed by atoms with van der Waals surface area (Å²) >= 11 is 4.75. The first-order valence-electron chi connectivity index (χ1n) is 6.41. The summed E-state index contributed by atoms with van der Waals surface area (Å²) < 4.78 is 0.942. The van der Waals surface area contributed by atoms with Gasteiger partial charge in [-0.1, -0.05) is 0 Å². The quantitative estimate of drug-likeness (QED) is 0.883. The van der Waals surface area contributed by atoms with E-state index in [1.165, 1.54) is 11.3 Å². The van der Waals surface area contributed by atoms with E-state index in [2.05, 4.69) is 45.0 Å². The van der Waals surface area contributed by atoms with Crippen molar-refractivity contribution in [3.63, 3.8) is 0 Å². The third-order valence-electron chi connectivity index (χ3n) is 2.89. The molecule has 0 fully saturated rings. The van der Waals surface area contributed by atoms with E-state index in [0.717, 1.165) is 22.7 Å². The zero-order valence-corrected chi connectivity index (χ0v) is 13.8. The number of carbonyl (C=O) groups is 1. The molecular weight excluding hydrogens is 338 g/mol. The van der Waals surface area contributed by atoms with Crippen LogP contribution in [0.1, 0.15) is 23.5 Å². The number of hydrogen-bond acceptors (Lipinski definition) is 4. The molecule has 0 aliphatic carbocycles. The van der Waals surface area contributed by atoms with Gasteiger partial charge in [-0.2, -0.15) is 0 Å². The van der Waals surface area contributed by atoms with E-state index in [4.69, 9.17) is 0 Å². The SMILES string of the molecule is CCN(CC)c1ccc(NC(=O)c2ccc(Br)s2)cn1. The molecule has 20 heavy (non-hydrogen) atoms. The van der Waals surface area contributed by atoms with Crippen molar-refractivity contribution < 1.29 is 4.79 Å². The maximum Gasteiger partial charge on any atom is 0.265 e. The van der Waals surface area contributed by atoms with Crippen LogP contribution in [0.3, 0.4) is 0 Å². The van der Waals surface area contributed by atoms with Crippen LogP contribution in [-0.4, -0.2) is 24.0 Å². The summed E-state index contributed by atoms with van der Waals surface area (Å²) in [5.74, 6) is 0.810. The smallest absolute Gasteiger partial charge is 0.265 e. The molecule has 0 radical (unpaired) electrons. The summed E-state index contributed by atoms with van der Waals surface area (Å²) in [6.45, 7) is 6.02. The second-order valence-electron chi connectivity index (χ2n) is 4.14. The van der Waals surface area contributed by atoms with E-state index in [0.29, 0.717) is 10.6 Å². The van der Waals surface area contributed by atoms with E-state index < -0.39 is 0 Å². The minimum atomic E-state index is -0.113. The van der Waals surface area contributed by atoms with Gasteiger partial charge in [-0.25, -0.2) is 4.98 Å². The van der Waals surface area contributed by atoms with Gasteiger partial charge in [0.1, 0.15) is 5.82 Å². The third kappa shape index (κ3) is 3.58. The number of nitrogens with zero attached hydrogens (tertiary/aromatic N) is 2. The van der Waals surface area contributed by atoms with Crippen molar-refractivity contribution in [1.29, 1.82) is 0 Å². The molecule has 2 aromatic rings. The Labute approximate surface area is 131 Å². The van der Waals surface area contributed by atoms with Crippen molar-refractivity contribution >= 4 is 44.7 Å². The van der Waals surface area contributed by atoms with Crippen LogP contribution in [0.15, 0.2) is 34.2 Å². The number of aromatic nitrogens is 1. The predicted molar refractivity (Wildman–Crippen MR) is 87.8 cm³/mol. The second kappa shape index (κ2) is 6.85. The molecule has 0 spiro atoms. The maximum atomic E-state index is 12.0. The van der Waals surface area contributed by atoms with Gasteiger partial charge < -0.3 is 10.2 Å². The normalized spacial score (nSPS) is 10.3. The van der Waals surface area contributed by atoms with Crippen LogP contribution in [0.2, 0.25) is 0 Å². The number of thiophene rings is 1. The molecule has 0 bridgehead atoms. The highest BCUT2D eigenvalue weighted by molar-refractivity contribution is 9.11. The Morgan fingerprint density at radius 1 is 1.30 bits per heavy atom. The van der Waals surface area contributed by atoms with Crippen LogP contribution in [0.4, 0.5) is 11.5 Å². The molecule has 106 valence electrons. The van der Waals surface area contributed by atoms with Gasteiger partial charge in [0, 0.05) is 13.1 Å². The van der Waals surface area contributed by atoms with E-state index >= 15 is 0 Å². The zero-order valence-electron chi connectivity index (χ0n) is 11.4. The molecule has 6 heteroatoms. The average Bonchev–Trinajstić information content (AvgIpc) is 2.89. The highest BCUT2D eigenvalue weighted by Gasteiger charge is 2.09. The molecule has 0 unspecified atom stereocenters. The lowest BCUT2D eigenvalue weighted by atomic mass is 10.3. The molecular formula is C14H16BrN3OS. The van der Waals surface area contributed by atoms with Gasteiger partial charge in [-0.15, -0.1) is 11.3 Å². The third-order valence-corrected chi connectivity index (χ3v) is 4.51. The minimum Gasteiger partial charge on any atom is -0.357 e. The van der Waals surface area contributed by atoms with Gasteiger partial charge in [-0.3, -0.25) is 4.79 Å². The zero-order chi connectivity index (χ0) is 14.5. The maximum absolute atomic E-state index is 12.0. The first kappa shape index (κ1) is 15.0. The molecule has 1 amide bonds. The van der Waals surface area contributed by atoms with Gasteiger partial charge in [0.25, 0.3) is 5.91 Å². The fourth-order valence-corrected chi connectivity index (χ4v) is 3.11. The first-order chi connectivity index (χ1) is 9.63. The fourth-order valence-electron chi connectivity index (χ4n) is 1.82. The number of nitrogens with one attached hydrogen (secondary N) is 1. The standard InChI is InChI=1S/C14H16BrN3OS/c1-3-18(4-2)13-8-5-10(9-16-13)17-14(19)11-6-7-12(15)20-11/h5-9H,3-4H2,1-2H3,(H,17,19). The van der Waals surface area contributed by atoms with Crippen LogP contribution in [0.5, 0.6) is 0 Å². The van der Waals surface area contributed by atoms with Crippen LogP contribution < -0.4 is 10.2 Å². The second-order valence-corrected chi connectivity index (χ2v) is 6.60. The monoisotopic (exact) mass is 353 g/mol. The topological polar surface area (TPSA) is 45.2 Å². The van der Waals surface area contributed by atoms with Gasteiger partial charge >= 0.3 is 0 Å². The molecule has 0 aromatic carbocycles. The molecule has 4 nitrogen and oxygen atoms in total. The lowest BCUT2D eigenvalue weighted by Crippen LogP contribution is -2.22. The molecule has 2 rings (SSSR count). The van der Waals surface area contributed by atoms with Gasteiger partial charge in [-0.05, 0) is 54.0 Å². The van der Waals surface area contributed by atoms with Crippen LogP contribution >= 0.6 is 27.3 Å². The van der Waals surface area contributed by atoms with Gasteiger partial charge in [0.15, 0.2) is 0 Å². The summed E-state index contributed by atoms with van der Waals surface area (Å²) in [6.07, 6.45) is 1.69. The summed E-state index contributed by atoms with van der Waals surface area (Å²) in [4.78, 5) is 19.2. The van der Waals surface area contributed by atoms with Crippen LogP contribution in [-0.2, 0) is 0 Å². The summed E-state index contributed by atoms with van der Waals surface area (Å²) in [7, 11) is 0. The highest BCUT2D eigenvalue weighted by atomic mass is 79.9. The Bertz CT molecular complexity index is 578. The van der Waals surface area contributed by atoms with Crippen LogP contribution in [0, 0.1) is 0 Å². The molecule has 2 aromatic heterocycles. The number of hydrogen-bond donors (Lipinski definition) is 1. The number of carbonyl (C=O) groups excluding carboxylic acids is 1. The number of rotatable bonds is 5. The molecule has 0 atom stereocenters. The van der Waals surface area contributed by atoms with Crippen molar-refractivity contribution in [2.45, 2.75) is 13.8 Å². The fraction of sp³-hybridized carbons (Fsp3) is 0.286. The summed E-state index contributed by atoms with van der Waals surface area (Å²) in [5.41, 5.74) is 0.704. The Morgan fingerprint density at radius 2 is 2.05 bits per heavy atom. The van der Waals surface area contributed by atoms with Crippen LogP contribution in [0.25, 0.3) is 0 Å². The van der Waals surface area contributed by atoms with Crippen molar-refractivity contribution in [3.8, 4) is 0 Å². The van der Waals surface area contributed by atoms with Crippen molar-refractivity contribution in [3.05, 3.63) is 39.1 Å². The summed E-state index contributed by atoms with van der Waals surface area (Å²) in [5, 5.41) is 2.84. The predicted octanol–water partition coefficient (Wildman–Crippen LogP) is 4.00. The Balaban J connectivity index is 2.05. The van der Waals surface area contributed by atoms with E-state index in [-0.39, 0.29) is 5.91 Å². The first-order valence-corrected chi connectivity index (χ1v) is 8.02. The average molecular weight is 354 g/mol. The van der Waals surface area contributed by atoms with Gasteiger partial charge in [0.2, 0.25) is 0 Å². The summed E-state index contributed by atoms with van der Waals surface area (Å²) in [6, 6.07) is 7.46. The van der Waals surface area contributed by atoms with E-state index in [1.807, 2.05) is 18.2 Å². The van der Waals surface area contributed by atoms with Crippen molar-refractivity contribution in [1.82, 2.24) is 4.98 Å². The number of pyridine rings is 1. The number of anilines is 2. The minimum absolute atomic E-state index is 0.113. The molecule has 0 aliphatic heterocycles. The molecule has 0 saturated heterocycles. The lowest BCUT2D eigenvalue weighted by Gasteiger charge is -2.19. The Hall–Kier alpha value is -1.40. The van der Waals surface area contributed by atoms with Crippen molar-refractivity contribution in [2.24, 2.45) is 0 Å². The highest BCUT2D eigenvalue weighted by Crippen LogP contribution is 2.23. The molecule has 1 N–H and O–H groups in total.